The van der Waals surface area contributed by atoms with E-state index in [1.807, 2.05) is 0 Å². The summed E-state index contributed by atoms with van der Waals surface area (Å²) in [4.78, 5) is 0. The second kappa shape index (κ2) is 5.90. The Hall–Kier alpha value is -1.02. The minimum absolute atomic E-state index is 0.144. The number of benzene rings is 1. The van der Waals surface area contributed by atoms with Crippen LogP contribution in [0.5, 0.6) is 5.75 Å². The zero-order valence-electron chi connectivity index (χ0n) is 10.8. The van der Waals surface area contributed by atoms with E-state index in [1.54, 1.807) is 0 Å². The molecule has 1 atom stereocenters. The van der Waals surface area contributed by atoms with Gasteiger partial charge in [-0.3, -0.25) is 0 Å². The minimum atomic E-state index is 0.144. The van der Waals surface area contributed by atoms with E-state index in [4.69, 9.17) is 10.5 Å². The standard InChI is InChI=1S/C14H23NO/c1-5-6-13(15)9-16-14-11(3)7-10(2)8-12(14)4/h7-8,13H,5-6,9,15H2,1-4H3. The van der Waals surface area contributed by atoms with E-state index in [9.17, 15) is 0 Å². The van der Waals surface area contributed by atoms with Crippen LogP contribution < -0.4 is 10.5 Å². The highest BCUT2D eigenvalue weighted by molar-refractivity contribution is 5.42. The number of nitrogens with two attached hydrogens (primary N) is 1. The summed E-state index contributed by atoms with van der Waals surface area (Å²) in [7, 11) is 0. The van der Waals surface area contributed by atoms with Gasteiger partial charge >= 0.3 is 0 Å². The van der Waals surface area contributed by atoms with E-state index in [0.29, 0.717) is 6.61 Å². The maximum Gasteiger partial charge on any atom is 0.125 e. The first-order chi connectivity index (χ1) is 7.54. The van der Waals surface area contributed by atoms with Crippen LogP contribution in [0.2, 0.25) is 0 Å². The third kappa shape index (κ3) is 3.53. The predicted molar refractivity (Wildman–Crippen MR) is 69.0 cm³/mol. The number of ether oxygens (including phenoxy) is 1. The summed E-state index contributed by atoms with van der Waals surface area (Å²) in [6, 6.07) is 4.44. The van der Waals surface area contributed by atoms with Crippen molar-refractivity contribution < 1.29 is 4.74 Å². The highest BCUT2D eigenvalue weighted by Crippen LogP contribution is 2.24. The lowest BCUT2D eigenvalue weighted by Gasteiger charge is -2.16. The number of hydrogen-bond donors (Lipinski definition) is 1. The Labute approximate surface area is 98.8 Å². The van der Waals surface area contributed by atoms with Gasteiger partial charge in [0.2, 0.25) is 0 Å². The molecule has 0 spiro atoms. The van der Waals surface area contributed by atoms with Gasteiger partial charge in [-0.15, -0.1) is 0 Å². The van der Waals surface area contributed by atoms with E-state index in [1.165, 1.54) is 16.7 Å². The minimum Gasteiger partial charge on any atom is -0.491 e. The molecule has 1 unspecified atom stereocenters. The third-order valence-corrected chi connectivity index (χ3v) is 2.71. The maximum absolute atomic E-state index is 5.94. The van der Waals surface area contributed by atoms with Gasteiger partial charge in [0.1, 0.15) is 12.4 Å². The summed E-state index contributed by atoms with van der Waals surface area (Å²) < 4.78 is 5.81. The molecule has 2 N–H and O–H groups in total. The Kier molecular flexibility index (Phi) is 4.81. The Morgan fingerprint density at radius 3 is 2.25 bits per heavy atom. The Morgan fingerprint density at radius 1 is 1.19 bits per heavy atom. The zero-order valence-corrected chi connectivity index (χ0v) is 10.8. The lowest BCUT2D eigenvalue weighted by Crippen LogP contribution is -2.27. The Balaban J connectivity index is 2.67. The zero-order chi connectivity index (χ0) is 12.1. The topological polar surface area (TPSA) is 35.2 Å². The fraction of sp³-hybridized carbons (Fsp3) is 0.571. The van der Waals surface area contributed by atoms with Crippen LogP contribution in [0.1, 0.15) is 36.5 Å². The number of rotatable bonds is 5. The molecule has 0 aliphatic rings. The molecule has 0 saturated heterocycles. The fourth-order valence-corrected chi connectivity index (χ4v) is 2.04. The van der Waals surface area contributed by atoms with Gasteiger partial charge in [-0.25, -0.2) is 0 Å². The maximum atomic E-state index is 5.94. The van der Waals surface area contributed by atoms with E-state index in [0.717, 1.165) is 18.6 Å². The molecule has 0 heterocycles. The van der Waals surface area contributed by atoms with Crippen molar-refractivity contribution >= 4 is 0 Å². The molecule has 2 nitrogen and oxygen atoms in total. The van der Waals surface area contributed by atoms with Gasteiger partial charge < -0.3 is 10.5 Å². The lowest BCUT2D eigenvalue weighted by molar-refractivity contribution is 0.278. The van der Waals surface area contributed by atoms with Crippen LogP contribution in [0.4, 0.5) is 0 Å². The van der Waals surface area contributed by atoms with Crippen molar-refractivity contribution in [2.45, 2.75) is 46.6 Å². The molecule has 2 heteroatoms. The number of hydrogen-bond acceptors (Lipinski definition) is 2. The Morgan fingerprint density at radius 2 is 1.75 bits per heavy atom. The Bertz CT molecular complexity index is 324. The van der Waals surface area contributed by atoms with Gasteiger partial charge in [-0.2, -0.15) is 0 Å². The summed E-state index contributed by atoms with van der Waals surface area (Å²) in [5.74, 6) is 0.997. The third-order valence-electron chi connectivity index (χ3n) is 2.71. The van der Waals surface area contributed by atoms with Crippen molar-refractivity contribution in [1.82, 2.24) is 0 Å². The highest BCUT2D eigenvalue weighted by atomic mass is 16.5. The lowest BCUT2D eigenvalue weighted by atomic mass is 10.1. The van der Waals surface area contributed by atoms with E-state index in [2.05, 4.69) is 39.8 Å². The molecule has 0 fully saturated rings. The van der Waals surface area contributed by atoms with Crippen LogP contribution >= 0.6 is 0 Å². The molecule has 0 amide bonds. The summed E-state index contributed by atoms with van der Waals surface area (Å²) in [5.41, 5.74) is 9.61. The monoisotopic (exact) mass is 221 g/mol. The fourth-order valence-electron chi connectivity index (χ4n) is 2.04. The molecule has 0 bridgehead atoms. The van der Waals surface area contributed by atoms with Crippen LogP contribution in [0.25, 0.3) is 0 Å². The van der Waals surface area contributed by atoms with Gasteiger partial charge in [-0.1, -0.05) is 31.0 Å². The quantitative estimate of drug-likeness (QED) is 0.829. The number of aryl methyl sites for hydroxylation is 3. The second-order valence-electron chi connectivity index (χ2n) is 4.59. The van der Waals surface area contributed by atoms with Crippen molar-refractivity contribution in [2.24, 2.45) is 5.73 Å². The highest BCUT2D eigenvalue weighted by Gasteiger charge is 2.07. The largest absolute Gasteiger partial charge is 0.491 e. The van der Waals surface area contributed by atoms with Crippen LogP contribution in [0.15, 0.2) is 12.1 Å². The van der Waals surface area contributed by atoms with Crippen molar-refractivity contribution in [3.05, 3.63) is 28.8 Å². The first-order valence-electron chi connectivity index (χ1n) is 6.00. The molecular weight excluding hydrogens is 198 g/mol. The molecule has 0 saturated carbocycles. The molecule has 0 aliphatic carbocycles. The summed E-state index contributed by atoms with van der Waals surface area (Å²) >= 11 is 0. The summed E-state index contributed by atoms with van der Waals surface area (Å²) in [6.45, 7) is 9.02. The van der Waals surface area contributed by atoms with Gasteiger partial charge in [0, 0.05) is 6.04 Å². The first-order valence-corrected chi connectivity index (χ1v) is 6.00. The molecule has 1 rings (SSSR count). The average molecular weight is 221 g/mol. The molecule has 1 aromatic rings. The average Bonchev–Trinajstić information content (AvgIpc) is 2.16. The van der Waals surface area contributed by atoms with Crippen LogP contribution in [0.3, 0.4) is 0 Å². The van der Waals surface area contributed by atoms with Gasteiger partial charge in [-0.05, 0) is 38.3 Å². The molecule has 0 aromatic heterocycles. The first kappa shape index (κ1) is 13.0. The van der Waals surface area contributed by atoms with E-state index in [-0.39, 0.29) is 6.04 Å². The molecular formula is C14H23NO. The molecule has 0 radical (unpaired) electrons. The van der Waals surface area contributed by atoms with Crippen LogP contribution in [0, 0.1) is 20.8 Å². The van der Waals surface area contributed by atoms with Crippen molar-refractivity contribution in [3.63, 3.8) is 0 Å². The summed E-state index contributed by atoms with van der Waals surface area (Å²) in [5, 5.41) is 0. The smallest absolute Gasteiger partial charge is 0.125 e. The summed E-state index contributed by atoms with van der Waals surface area (Å²) in [6.07, 6.45) is 2.13. The van der Waals surface area contributed by atoms with E-state index >= 15 is 0 Å². The van der Waals surface area contributed by atoms with Gasteiger partial charge in [0.05, 0.1) is 0 Å². The molecule has 1 aromatic carbocycles. The van der Waals surface area contributed by atoms with Crippen molar-refractivity contribution in [3.8, 4) is 5.75 Å². The van der Waals surface area contributed by atoms with Crippen LogP contribution in [-0.2, 0) is 0 Å². The second-order valence-corrected chi connectivity index (χ2v) is 4.59. The molecule has 90 valence electrons. The predicted octanol–water partition coefficient (Wildman–Crippen LogP) is 3.12. The van der Waals surface area contributed by atoms with E-state index < -0.39 is 0 Å². The SMILES string of the molecule is CCCC(N)COc1c(C)cc(C)cc1C. The van der Waals surface area contributed by atoms with Crippen LogP contribution in [-0.4, -0.2) is 12.6 Å². The normalized spacial score (nSPS) is 12.6. The molecule has 0 aliphatic heterocycles. The van der Waals surface area contributed by atoms with Crippen molar-refractivity contribution in [2.75, 3.05) is 6.61 Å². The molecule has 16 heavy (non-hydrogen) atoms. The van der Waals surface area contributed by atoms with Gasteiger partial charge in [0.25, 0.3) is 0 Å². The van der Waals surface area contributed by atoms with Gasteiger partial charge in [0.15, 0.2) is 0 Å². The van der Waals surface area contributed by atoms with Crippen molar-refractivity contribution in [1.29, 1.82) is 0 Å².